The van der Waals surface area contributed by atoms with Gasteiger partial charge in [0.1, 0.15) is 0 Å². The summed E-state index contributed by atoms with van der Waals surface area (Å²) in [5, 5.41) is 0. The van der Waals surface area contributed by atoms with Crippen LogP contribution in [-0.2, 0) is 4.74 Å². The zero-order valence-electron chi connectivity index (χ0n) is 13.5. The number of nitrogens with zero attached hydrogens (tertiary/aromatic N) is 1. The molecule has 1 atom stereocenters. The second-order valence-corrected chi connectivity index (χ2v) is 5.48. The largest absolute Gasteiger partial charge is 0.380 e. The van der Waals surface area contributed by atoms with Gasteiger partial charge in [-0.05, 0) is 20.4 Å². The molecule has 0 aliphatic carbocycles. The summed E-state index contributed by atoms with van der Waals surface area (Å²) in [4.78, 5) is 2.35. The molecule has 3 nitrogen and oxygen atoms in total. The molecule has 0 aliphatic heterocycles. The molecule has 0 saturated heterocycles. The van der Waals surface area contributed by atoms with E-state index in [1.165, 1.54) is 51.4 Å². The van der Waals surface area contributed by atoms with E-state index in [9.17, 15) is 0 Å². The van der Waals surface area contributed by atoms with Crippen molar-refractivity contribution in [3.05, 3.63) is 0 Å². The van der Waals surface area contributed by atoms with E-state index in [1.54, 1.807) is 0 Å². The standard InChI is InChI=1S/C16H36N2O/c1-4-6-7-8-9-10-11-12-16(15-17)18(3)13-14-19-5-2/h16H,4-15,17H2,1-3H3. The van der Waals surface area contributed by atoms with Gasteiger partial charge in [-0.2, -0.15) is 0 Å². The monoisotopic (exact) mass is 272 g/mol. The molecule has 0 aliphatic rings. The van der Waals surface area contributed by atoms with E-state index in [4.69, 9.17) is 10.5 Å². The highest BCUT2D eigenvalue weighted by Gasteiger charge is 2.11. The lowest BCUT2D eigenvalue weighted by atomic mass is 10.0. The number of unbranched alkanes of at least 4 members (excludes halogenated alkanes) is 6. The second kappa shape index (κ2) is 14.3. The van der Waals surface area contributed by atoms with Crippen LogP contribution < -0.4 is 5.73 Å². The maximum absolute atomic E-state index is 5.88. The SMILES string of the molecule is CCCCCCCCCC(CN)N(C)CCOCC. The molecule has 0 bridgehead atoms. The lowest BCUT2D eigenvalue weighted by molar-refractivity contribution is 0.106. The fourth-order valence-electron chi connectivity index (χ4n) is 2.39. The molecule has 19 heavy (non-hydrogen) atoms. The smallest absolute Gasteiger partial charge is 0.0593 e. The van der Waals surface area contributed by atoms with E-state index >= 15 is 0 Å². The van der Waals surface area contributed by atoms with Gasteiger partial charge in [0.05, 0.1) is 6.61 Å². The predicted octanol–water partition coefficient (Wildman–Crippen LogP) is 3.42. The van der Waals surface area contributed by atoms with Crippen molar-refractivity contribution >= 4 is 0 Å². The maximum Gasteiger partial charge on any atom is 0.0593 e. The van der Waals surface area contributed by atoms with Crippen molar-refractivity contribution in [2.45, 2.75) is 71.3 Å². The zero-order chi connectivity index (χ0) is 14.3. The second-order valence-electron chi connectivity index (χ2n) is 5.48. The minimum atomic E-state index is 0.524. The summed E-state index contributed by atoms with van der Waals surface area (Å²) in [7, 11) is 2.16. The molecular weight excluding hydrogens is 236 g/mol. The van der Waals surface area contributed by atoms with Crippen molar-refractivity contribution in [1.29, 1.82) is 0 Å². The van der Waals surface area contributed by atoms with Crippen LogP contribution in [0.2, 0.25) is 0 Å². The van der Waals surface area contributed by atoms with Gasteiger partial charge in [-0.25, -0.2) is 0 Å². The van der Waals surface area contributed by atoms with Crippen molar-refractivity contribution in [3.63, 3.8) is 0 Å². The van der Waals surface area contributed by atoms with E-state index < -0.39 is 0 Å². The Kier molecular flexibility index (Phi) is 14.2. The molecule has 0 saturated carbocycles. The minimum absolute atomic E-state index is 0.524. The Morgan fingerprint density at radius 2 is 1.63 bits per heavy atom. The van der Waals surface area contributed by atoms with Crippen molar-refractivity contribution in [1.82, 2.24) is 4.90 Å². The Morgan fingerprint density at radius 3 is 2.21 bits per heavy atom. The van der Waals surface area contributed by atoms with Gasteiger partial charge in [0.15, 0.2) is 0 Å². The first-order chi connectivity index (χ1) is 9.26. The van der Waals surface area contributed by atoms with Gasteiger partial charge >= 0.3 is 0 Å². The van der Waals surface area contributed by atoms with Crippen molar-refractivity contribution in [2.24, 2.45) is 5.73 Å². The number of rotatable bonds is 14. The van der Waals surface area contributed by atoms with Crippen LogP contribution >= 0.6 is 0 Å². The Hall–Kier alpha value is -0.120. The molecule has 0 aromatic carbocycles. The first kappa shape index (κ1) is 18.9. The van der Waals surface area contributed by atoms with Gasteiger partial charge in [-0.15, -0.1) is 0 Å². The third kappa shape index (κ3) is 11.4. The fourth-order valence-corrected chi connectivity index (χ4v) is 2.39. The van der Waals surface area contributed by atoms with E-state index in [1.807, 2.05) is 6.92 Å². The van der Waals surface area contributed by atoms with Crippen LogP contribution in [-0.4, -0.2) is 44.3 Å². The highest BCUT2D eigenvalue weighted by Crippen LogP contribution is 2.11. The number of ether oxygens (including phenoxy) is 1. The molecule has 2 N–H and O–H groups in total. The van der Waals surface area contributed by atoms with Crippen LogP contribution in [0.5, 0.6) is 0 Å². The van der Waals surface area contributed by atoms with Gasteiger partial charge in [-0.1, -0.05) is 51.9 Å². The molecule has 3 heteroatoms. The fraction of sp³-hybridized carbons (Fsp3) is 1.00. The minimum Gasteiger partial charge on any atom is -0.380 e. The van der Waals surface area contributed by atoms with Crippen molar-refractivity contribution < 1.29 is 4.74 Å². The molecule has 0 spiro atoms. The molecule has 0 radical (unpaired) electrons. The summed E-state index contributed by atoms with van der Waals surface area (Å²) in [5.41, 5.74) is 5.88. The Labute approximate surface area is 120 Å². The maximum atomic E-state index is 5.88. The summed E-state index contributed by atoms with van der Waals surface area (Å²) in [6.07, 6.45) is 10.8. The molecule has 0 fully saturated rings. The van der Waals surface area contributed by atoms with Crippen molar-refractivity contribution in [2.75, 3.05) is 33.4 Å². The summed E-state index contributed by atoms with van der Waals surface area (Å²) in [6.45, 7) is 7.69. The predicted molar refractivity (Wildman–Crippen MR) is 84.6 cm³/mol. The summed E-state index contributed by atoms with van der Waals surface area (Å²) >= 11 is 0. The first-order valence-electron chi connectivity index (χ1n) is 8.24. The lowest BCUT2D eigenvalue weighted by Crippen LogP contribution is -2.39. The highest BCUT2D eigenvalue weighted by atomic mass is 16.5. The van der Waals surface area contributed by atoms with Gasteiger partial charge in [0, 0.05) is 25.7 Å². The first-order valence-corrected chi connectivity index (χ1v) is 8.24. The van der Waals surface area contributed by atoms with E-state index in [0.29, 0.717) is 6.04 Å². The van der Waals surface area contributed by atoms with Crippen LogP contribution in [0.1, 0.15) is 65.2 Å². The van der Waals surface area contributed by atoms with Crippen molar-refractivity contribution in [3.8, 4) is 0 Å². The third-order valence-electron chi connectivity index (χ3n) is 3.83. The molecule has 0 aromatic heterocycles. The van der Waals surface area contributed by atoms with Gasteiger partial charge < -0.3 is 10.5 Å². The number of hydrogen-bond acceptors (Lipinski definition) is 3. The molecule has 1 unspecified atom stereocenters. The number of likely N-dealkylation sites (N-methyl/N-ethyl adjacent to an activating group) is 1. The van der Waals surface area contributed by atoms with Crippen LogP contribution in [0.15, 0.2) is 0 Å². The Morgan fingerprint density at radius 1 is 1.00 bits per heavy atom. The summed E-state index contributed by atoms with van der Waals surface area (Å²) < 4.78 is 5.40. The van der Waals surface area contributed by atoms with E-state index in [-0.39, 0.29) is 0 Å². The van der Waals surface area contributed by atoms with Crippen LogP contribution in [0.3, 0.4) is 0 Å². The summed E-state index contributed by atoms with van der Waals surface area (Å²) in [6, 6.07) is 0.524. The highest BCUT2D eigenvalue weighted by molar-refractivity contribution is 4.69. The Bertz CT molecular complexity index is 176. The molecular formula is C16H36N2O. The summed E-state index contributed by atoms with van der Waals surface area (Å²) in [5.74, 6) is 0. The molecule has 0 amide bonds. The third-order valence-corrected chi connectivity index (χ3v) is 3.83. The lowest BCUT2D eigenvalue weighted by Gasteiger charge is -2.26. The van der Waals surface area contributed by atoms with Crippen LogP contribution in [0.4, 0.5) is 0 Å². The Balaban J connectivity index is 3.52. The molecule has 0 rings (SSSR count). The molecule has 116 valence electrons. The van der Waals surface area contributed by atoms with Gasteiger partial charge in [-0.3, -0.25) is 4.90 Å². The quantitative estimate of drug-likeness (QED) is 0.492. The van der Waals surface area contributed by atoms with Crippen LogP contribution in [0, 0.1) is 0 Å². The van der Waals surface area contributed by atoms with E-state index in [0.717, 1.165) is 26.3 Å². The molecule has 0 aromatic rings. The average molecular weight is 272 g/mol. The average Bonchev–Trinajstić information content (AvgIpc) is 2.42. The van der Waals surface area contributed by atoms with Gasteiger partial charge in [0.2, 0.25) is 0 Å². The number of nitrogens with two attached hydrogens (primary N) is 1. The van der Waals surface area contributed by atoms with Crippen LogP contribution in [0.25, 0.3) is 0 Å². The van der Waals surface area contributed by atoms with Gasteiger partial charge in [0.25, 0.3) is 0 Å². The van der Waals surface area contributed by atoms with E-state index in [2.05, 4.69) is 18.9 Å². The molecule has 0 heterocycles. The topological polar surface area (TPSA) is 38.5 Å². The number of hydrogen-bond donors (Lipinski definition) is 1. The normalized spacial score (nSPS) is 13.1. The zero-order valence-corrected chi connectivity index (χ0v) is 13.5.